The molecule has 1 fully saturated rings. The number of benzene rings is 1. The number of fused-ring (bicyclic) bond motifs is 1. The van der Waals surface area contributed by atoms with E-state index in [-0.39, 0.29) is 0 Å². The lowest BCUT2D eigenvalue weighted by atomic mass is 10.0. The van der Waals surface area contributed by atoms with E-state index in [0.717, 1.165) is 23.2 Å². The predicted molar refractivity (Wildman–Crippen MR) is 84.3 cm³/mol. The molecule has 0 N–H and O–H groups in total. The van der Waals surface area contributed by atoms with E-state index >= 15 is 0 Å². The third-order valence-corrected chi connectivity index (χ3v) is 4.60. The van der Waals surface area contributed by atoms with Crippen LogP contribution in [0.5, 0.6) is 0 Å². The maximum absolute atomic E-state index is 9.10. The highest BCUT2D eigenvalue weighted by atomic mass is 35.5. The van der Waals surface area contributed by atoms with E-state index in [1.54, 1.807) is 23.0 Å². The number of aromatic nitrogens is 3. The molecule has 0 aliphatic heterocycles. The minimum atomic E-state index is 0.345. The minimum absolute atomic E-state index is 0.345. The molecule has 3 aromatic rings. The summed E-state index contributed by atoms with van der Waals surface area (Å²) < 4.78 is 1.70. The first kappa shape index (κ1) is 13.6. The standard InChI is InChI=1S/C16H10Cl2N4/c17-14-2-1-9(5-10(14)8-19)11-6-12(11)13-7-15(18)21-22-4-3-20-16(13)22/h1-5,7,11-12H,6H2/t11-,12?/m1/s1. The Hall–Kier alpha value is -2.09. The van der Waals surface area contributed by atoms with Gasteiger partial charge in [0.05, 0.1) is 10.6 Å². The molecule has 0 saturated heterocycles. The van der Waals surface area contributed by atoms with Crippen LogP contribution in [0.1, 0.15) is 34.9 Å². The van der Waals surface area contributed by atoms with Gasteiger partial charge in [0.15, 0.2) is 5.65 Å². The van der Waals surface area contributed by atoms with Crippen LogP contribution in [0, 0.1) is 11.3 Å². The molecule has 0 radical (unpaired) electrons. The minimum Gasteiger partial charge on any atom is -0.235 e. The van der Waals surface area contributed by atoms with Crippen LogP contribution < -0.4 is 0 Å². The lowest BCUT2D eigenvalue weighted by Gasteiger charge is -2.05. The van der Waals surface area contributed by atoms with E-state index in [2.05, 4.69) is 16.2 Å². The second-order valence-electron chi connectivity index (χ2n) is 5.42. The summed E-state index contributed by atoms with van der Waals surface area (Å²) >= 11 is 12.1. The topological polar surface area (TPSA) is 54.0 Å². The van der Waals surface area contributed by atoms with Crippen LogP contribution in [-0.2, 0) is 0 Å². The molecule has 1 aliphatic rings. The summed E-state index contributed by atoms with van der Waals surface area (Å²) in [5.74, 6) is 0.710. The fourth-order valence-corrected chi connectivity index (χ4v) is 3.31. The van der Waals surface area contributed by atoms with Crippen LogP contribution in [0.2, 0.25) is 10.2 Å². The number of rotatable bonds is 2. The Morgan fingerprint density at radius 3 is 2.91 bits per heavy atom. The third kappa shape index (κ3) is 2.14. The van der Waals surface area contributed by atoms with Crippen molar-refractivity contribution < 1.29 is 0 Å². The quantitative estimate of drug-likeness (QED) is 0.709. The summed E-state index contributed by atoms with van der Waals surface area (Å²) in [7, 11) is 0. The van der Waals surface area contributed by atoms with Crippen molar-refractivity contribution in [3.05, 3.63) is 63.5 Å². The summed E-state index contributed by atoms with van der Waals surface area (Å²) in [4.78, 5) is 4.37. The van der Waals surface area contributed by atoms with Crippen LogP contribution in [0.4, 0.5) is 0 Å². The smallest absolute Gasteiger partial charge is 0.157 e. The van der Waals surface area contributed by atoms with E-state index in [1.807, 2.05) is 18.2 Å². The van der Waals surface area contributed by atoms with Gasteiger partial charge in [0.25, 0.3) is 0 Å². The fraction of sp³-hybridized carbons (Fsp3) is 0.188. The molecule has 4 rings (SSSR count). The average Bonchev–Trinajstić information content (AvgIpc) is 3.17. The van der Waals surface area contributed by atoms with Gasteiger partial charge >= 0.3 is 0 Å². The van der Waals surface area contributed by atoms with Gasteiger partial charge in [0, 0.05) is 18.0 Å². The number of nitrogens with zero attached hydrogens (tertiary/aromatic N) is 4. The second-order valence-corrected chi connectivity index (χ2v) is 6.21. The molecule has 2 aromatic heterocycles. The molecular weight excluding hydrogens is 319 g/mol. The molecule has 0 bridgehead atoms. The molecule has 0 spiro atoms. The third-order valence-electron chi connectivity index (χ3n) is 4.09. The predicted octanol–water partition coefficient (Wildman–Crippen LogP) is 4.18. The molecule has 1 aliphatic carbocycles. The zero-order valence-electron chi connectivity index (χ0n) is 11.4. The Morgan fingerprint density at radius 1 is 1.23 bits per heavy atom. The van der Waals surface area contributed by atoms with E-state index in [0.29, 0.717) is 27.6 Å². The molecule has 22 heavy (non-hydrogen) atoms. The van der Waals surface area contributed by atoms with Crippen molar-refractivity contribution >= 4 is 28.8 Å². The number of halogens is 2. The Balaban J connectivity index is 1.72. The first-order valence-electron chi connectivity index (χ1n) is 6.86. The highest BCUT2D eigenvalue weighted by Gasteiger charge is 2.41. The van der Waals surface area contributed by atoms with Gasteiger partial charge < -0.3 is 0 Å². The lowest BCUT2D eigenvalue weighted by molar-refractivity contribution is 0.906. The number of nitriles is 1. The molecule has 2 heterocycles. The van der Waals surface area contributed by atoms with Crippen LogP contribution in [0.15, 0.2) is 36.7 Å². The molecule has 1 saturated carbocycles. The number of hydrogen-bond donors (Lipinski definition) is 0. The highest BCUT2D eigenvalue weighted by Crippen LogP contribution is 2.55. The Labute approximate surface area is 136 Å². The summed E-state index contributed by atoms with van der Waals surface area (Å²) in [6, 6.07) is 9.66. The Bertz CT molecular complexity index is 926. The van der Waals surface area contributed by atoms with Gasteiger partial charge in [-0.3, -0.25) is 0 Å². The first-order valence-corrected chi connectivity index (χ1v) is 7.62. The van der Waals surface area contributed by atoms with Gasteiger partial charge in [-0.2, -0.15) is 10.4 Å². The van der Waals surface area contributed by atoms with Crippen LogP contribution in [-0.4, -0.2) is 14.6 Å². The maximum Gasteiger partial charge on any atom is 0.157 e. The highest BCUT2D eigenvalue weighted by molar-refractivity contribution is 6.31. The van der Waals surface area contributed by atoms with Gasteiger partial charge in [-0.25, -0.2) is 9.50 Å². The van der Waals surface area contributed by atoms with Crippen LogP contribution in [0.25, 0.3) is 5.65 Å². The SMILES string of the molecule is N#Cc1cc([C@H]2CC2c2cc(Cl)nn3ccnc23)ccc1Cl. The summed E-state index contributed by atoms with van der Waals surface area (Å²) in [5, 5.41) is 14.3. The average molecular weight is 329 g/mol. The van der Waals surface area contributed by atoms with Crippen molar-refractivity contribution in [2.24, 2.45) is 0 Å². The van der Waals surface area contributed by atoms with Gasteiger partial charge in [0.1, 0.15) is 11.2 Å². The molecule has 4 nitrogen and oxygen atoms in total. The molecule has 1 aromatic carbocycles. The fourth-order valence-electron chi connectivity index (χ4n) is 2.95. The van der Waals surface area contributed by atoms with Gasteiger partial charge in [0.2, 0.25) is 0 Å². The lowest BCUT2D eigenvalue weighted by Crippen LogP contribution is -1.96. The summed E-state index contributed by atoms with van der Waals surface area (Å²) in [6.07, 6.45) is 4.52. The van der Waals surface area contributed by atoms with Gasteiger partial charge in [-0.1, -0.05) is 29.3 Å². The molecular formula is C16H10Cl2N4. The summed E-state index contributed by atoms with van der Waals surface area (Å²) in [5.41, 5.74) is 3.59. The Kier molecular flexibility index (Phi) is 3.07. The normalized spacial score (nSPS) is 20.0. The molecule has 6 heteroatoms. The van der Waals surface area contributed by atoms with Crippen molar-refractivity contribution in [2.75, 3.05) is 0 Å². The zero-order chi connectivity index (χ0) is 15.3. The zero-order valence-corrected chi connectivity index (χ0v) is 12.9. The van der Waals surface area contributed by atoms with Gasteiger partial charge in [-0.05, 0) is 42.0 Å². The van der Waals surface area contributed by atoms with Crippen LogP contribution in [0.3, 0.4) is 0 Å². The van der Waals surface area contributed by atoms with Crippen molar-refractivity contribution in [1.29, 1.82) is 5.26 Å². The largest absolute Gasteiger partial charge is 0.235 e. The van der Waals surface area contributed by atoms with Crippen molar-refractivity contribution in [3.63, 3.8) is 0 Å². The number of hydrogen-bond acceptors (Lipinski definition) is 3. The van der Waals surface area contributed by atoms with Crippen molar-refractivity contribution in [1.82, 2.24) is 14.6 Å². The van der Waals surface area contributed by atoms with E-state index < -0.39 is 0 Å². The monoisotopic (exact) mass is 328 g/mol. The van der Waals surface area contributed by atoms with Crippen molar-refractivity contribution in [2.45, 2.75) is 18.3 Å². The first-order chi connectivity index (χ1) is 10.7. The molecule has 0 amide bonds. The Morgan fingerprint density at radius 2 is 2.09 bits per heavy atom. The van der Waals surface area contributed by atoms with E-state index in [9.17, 15) is 0 Å². The molecule has 108 valence electrons. The number of imidazole rings is 1. The van der Waals surface area contributed by atoms with E-state index in [1.165, 1.54) is 0 Å². The summed E-state index contributed by atoms with van der Waals surface area (Å²) in [6.45, 7) is 0. The van der Waals surface area contributed by atoms with E-state index in [4.69, 9.17) is 28.5 Å². The molecule has 2 atom stereocenters. The van der Waals surface area contributed by atoms with Crippen LogP contribution >= 0.6 is 23.2 Å². The maximum atomic E-state index is 9.10. The van der Waals surface area contributed by atoms with Crippen molar-refractivity contribution in [3.8, 4) is 6.07 Å². The second kappa shape index (κ2) is 4.98. The van der Waals surface area contributed by atoms with Gasteiger partial charge in [-0.15, -0.1) is 0 Å². The molecule has 1 unspecified atom stereocenters.